The molecule has 0 atom stereocenters. The third-order valence-electron chi connectivity index (χ3n) is 3.79. The summed E-state index contributed by atoms with van der Waals surface area (Å²) in [4.78, 5) is 23.2. The van der Waals surface area contributed by atoms with Crippen molar-refractivity contribution in [3.8, 4) is 0 Å². The van der Waals surface area contributed by atoms with Gasteiger partial charge in [-0.15, -0.1) is 12.4 Å². The third-order valence-corrected chi connectivity index (χ3v) is 3.79. The summed E-state index contributed by atoms with van der Waals surface area (Å²) >= 11 is 0. The average Bonchev–Trinajstić information content (AvgIpc) is 2.61. The second kappa shape index (κ2) is 10.4. The number of hydrogen-bond donors (Lipinski definition) is 2. The lowest BCUT2D eigenvalue weighted by Gasteiger charge is -2.07. The van der Waals surface area contributed by atoms with E-state index < -0.39 is 0 Å². The smallest absolute Gasteiger partial charge is 0.337 e. The summed E-state index contributed by atoms with van der Waals surface area (Å²) in [6.45, 7) is 0.556. The second-order valence-electron chi connectivity index (χ2n) is 5.49. The predicted octanol–water partition coefficient (Wildman–Crippen LogP) is 2.77. The number of rotatable bonds is 7. The Bertz CT molecular complexity index is 702. The summed E-state index contributed by atoms with van der Waals surface area (Å²) in [5, 5.41) is 2.90. The number of nitrogens with two attached hydrogens (primary N) is 1. The number of carbonyl (C=O) groups excluding carboxylic acids is 2. The first-order valence-electron chi connectivity index (χ1n) is 7.87. The van der Waals surface area contributed by atoms with Crippen LogP contribution < -0.4 is 11.1 Å². The van der Waals surface area contributed by atoms with Crippen LogP contribution in [-0.4, -0.2) is 25.5 Å². The summed E-state index contributed by atoms with van der Waals surface area (Å²) in [5.74, 6) is -0.348. The van der Waals surface area contributed by atoms with E-state index in [1.165, 1.54) is 7.11 Å². The fraction of sp³-hybridized carbons (Fsp3) is 0.263. The Labute approximate surface area is 154 Å². The number of amides is 1. The largest absolute Gasteiger partial charge is 0.465 e. The molecule has 134 valence electrons. The van der Waals surface area contributed by atoms with Crippen LogP contribution in [0.15, 0.2) is 48.5 Å². The number of anilines is 1. The van der Waals surface area contributed by atoms with Crippen molar-refractivity contribution in [2.75, 3.05) is 19.4 Å². The highest BCUT2D eigenvalue weighted by Gasteiger charge is 2.06. The molecule has 0 saturated heterocycles. The molecule has 6 heteroatoms. The molecule has 5 nitrogen and oxygen atoms in total. The third kappa shape index (κ3) is 6.47. The number of para-hydroxylation sites is 1. The number of benzene rings is 2. The van der Waals surface area contributed by atoms with Gasteiger partial charge in [-0.1, -0.05) is 30.3 Å². The van der Waals surface area contributed by atoms with Crippen LogP contribution in [0, 0.1) is 0 Å². The minimum atomic E-state index is -0.352. The fourth-order valence-corrected chi connectivity index (χ4v) is 2.37. The van der Waals surface area contributed by atoms with Gasteiger partial charge in [0.2, 0.25) is 5.91 Å². The Hall–Kier alpha value is -2.53. The molecule has 0 radical (unpaired) electrons. The molecule has 0 saturated carbocycles. The van der Waals surface area contributed by atoms with E-state index in [0.717, 1.165) is 16.8 Å². The molecule has 0 aromatic heterocycles. The first-order chi connectivity index (χ1) is 11.6. The highest BCUT2D eigenvalue weighted by Crippen LogP contribution is 2.12. The molecule has 0 aliphatic heterocycles. The lowest BCUT2D eigenvalue weighted by atomic mass is 10.1. The molecule has 0 fully saturated rings. The van der Waals surface area contributed by atoms with Gasteiger partial charge in [0.05, 0.1) is 12.7 Å². The zero-order chi connectivity index (χ0) is 17.4. The van der Waals surface area contributed by atoms with Crippen LogP contribution >= 0.6 is 12.4 Å². The molecule has 3 N–H and O–H groups in total. The minimum Gasteiger partial charge on any atom is -0.465 e. The standard InChI is InChI=1S/C19H22N2O3.ClH/c1-24-19(23)16-8-6-14(7-9-16)12-13-21-18(22)11-10-15-4-2-3-5-17(15)20;/h2-9H,10-13,20H2,1H3,(H,21,22);1H. The van der Waals surface area contributed by atoms with Crippen molar-refractivity contribution < 1.29 is 14.3 Å². The van der Waals surface area contributed by atoms with Crippen molar-refractivity contribution >= 4 is 30.0 Å². The van der Waals surface area contributed by atoms with Gasteiger partial charge < -0.3 is 15.8 Å². The van der Waals surface area contributed by atoms with Crippen LogP contribution in [0.2, 0.25) is 0 Å². The topological polar surface area (TPSA) is 81.4 Å². The van der Waals surface area contributed by atoms with Crippen molar-refractivity contribution in [2.24, 2.45) is 0 Å². The van der Waals surface area contributed by atoms with Gasteiger partial charge >= 0.3 is 5.97 Å². The molecule has 0 aliphatic carbocycles. The number of esters is 1. The zero-order valence-corrected chi connectivity index (χ0v) is 15.0. The first-order valence-corrected chi connectivity index (χ1v) is 7.87. The molecule has 2 rings (SSSR count). The van der Waals surface area contributed by atoms with Crippen LogP contribution in [0.3, 0.4) is 0 Å². The highest BCUT2D eigenvalue weighted by atomic mass is 35.5. The second-order valence-corrected chi connectivity index (χ2v) is 5.49. The summed E-state index contributed by atoms with van der Waals surface area (Å²) in [5.41, 5.74) is 9.14. The Morgan fingerprint density at radius 2 is 1.72 bits per heavy atom. The normalized spacial score (nSPS) is 9.80. The lowest BCUT2D eigenvalue weighted by Crippen LogP contribution is -2.26. The highest BCUT2D eigenvalue weighted by molar-refractivity contribution is 5.89. The predicted molar refractivity (Wildman–Crippen MR) is 101 cm³/mol. The van der Waals surface area contributed by atoms with Crippen LogP contribution in [0.25, 0.3) is 0 Å². The summed E-state index contributed by atoms with van der Waals surface area (Å²) in [6.07, 6.45) is 1.75. The van der Waals surface area contributed by atoms with Crippen LogP contribution in [-0.2, 0) is 22.4 Å². The SMILES string of the molecule is COC(=O)c1ccc(CCNC(=O)CCc2ccccc2N)cc1.Cl. The number of halogens is 1. The average molecular weight is 363 g/mol. The van der Waals surface area contributed by atoms with Gasteiger partial charge in [0.25, 0.3) is 0 Å². The Balaban J connectivity index is 0.00000312. The van der Waals surface area contributed by atoms with Crippen molar-refractivity contribution in [1.82, 2.24) is 5.32 Å². The van der Waals surface area contributed by atoms with Gasteiger partial charge in [0.15, 0.2) is 0 Å². The van der Waals surface area contributed by atoms with Crippen molar-refractivity contribution in [3.05, 3.63) is 65.2 Å². The van der Waals surface area contributed by atoms with Crippen molar-refractivity contribution in [3.63, 3.8) is 0 Å². The van der Waals surface area contributed by atoms with Gasteiger partial charge in [0, 0.05) is 18.7 Å². The summed E-state index contributed by atoms with van der Waals surface area (Å²) in [7, 11) is 1.36. The number of hydrogen-bond acceptors (Lipinski definition) is 4. The molecule has 1 amide bonds. The van der Waals surface area contributed by atoms with E-state index in [1.807, 2.05) is 36.4 Å². The summed E-state index contributed by atoms with van der Waals surface area (Å²) in [6, 6.07) is 14.7. The number of methoxy groups -OCH3 is 1. The Morgan fingerprint density at radius 1 is 1.04 bits per heavy atom. The van der Waals surface area contributed by atoms with E-state index in [1.54, 1.807) is 12.1 Å². The molecular weight excluding hydrogens is 340 g/mol. The monoisotopic (exact) mass is 362 g/mol. The van der Waals surface area contributed by atoms with Crippen molar-refractivity contribution in [2.45, 2.75) is 19.3 Å². The quantitative estimate of drug-likeness (QED) is 0.586. The van der Waals surface area contributed by atoms with Crippen LogP contribution in [0.5, 0.6) is 0 Å². The van der Waals surface area contributed by atoms with Crippen molar-refractivity contribution in [1.29, 1.82) is 0 Å². The zero-order valence-electron chi connectivity index (χ0n) is 14.2. The number of carbonyl (C=O) groups is 2. The van der Waals surface area contributed by atoms with Gasteiger partial charge in [-0.2, -0.15) is 0 Å². The molecule has 25 heavy (non-hydrogen) atoms. The van der Waals surface area contributed by atoms with Gasteiger partial charge in [-0.05, 0) is 42.2 Å². The minimum absolute atomic E-state index is 0. The van der Waals surface area contributed by atoms with E-state index in [4.69, 9.17) is 5.73 Å². The molecule has 2 aromatic rings. The number of nitrogens with one attached hydrogen (secondary N) is 1. The molecule has 0 bridgehead atoms. The first kappa shape index (κ1) is 20.5. The van der Waals surface area contributed by atoms with E-state index in [0.29, 0.717) is 31.4 Å². The van der Waals surface area contributed by atoms with E-state index in [9.17, 15) is 9.59 Å². The molecular formula is C19H23ClN2O3. The van der Waals surface area contributed by atoms with Crippen LogP contribution in [0.4, 0.5) is 5.69 Å². The van der Waals surface area contributed by atoms with E-state index >= 15 is 0 Å². The summed E-state index contributed by atoms with van der Waals surface area (Å²) < 4.78 is 4.66. The molecule has 0 spiro atoms. The molecule has 2 aromatic carbocycles. The number of ether oxygens (including phenoxy) is 1. The maximum atomic E-state index is 11.9. The van der Waals surface area contributed by atoms with Gasteiger partial charge in [0.1, 0.15) is 0 Å². The Kier molecular flexibility index (Phi) is 8.50. The van der Waals surface area contributed by atoms with Gasteiger partial charge in [-0.3, -0.25) is 4.79 Å². The number of aryl methyl sites for hydroxylation is 1. The lowest BCUT2D eigenvalue weighted by molar-refractivity contribution is -0.121. The van der Waals surface area contributed by atoms with Crippen LogP contribution in [0.1, 0.15) is 27.9 Å². The fourth-order valence-electron chi connectivity index (χ4n) is 2.37. The molecule has 0 heterocycles. The van der Waals surface area contributed by atoms with E-state index in [-0.39, 0.29) is 24.3 Å². The number of nitrogen functional groups attached to an aromatic ring is 1. The van der Waals surface area contributed by atoms with Gasteiger partial charge in [-0.25, -0.2) is 4.79 Å². The van der Waals surface area contributed by atoms with E-state index in [2.05, 4.69) is 10.1 Å². The molecule has 0 aliphatic rings. The molecule has 0 unspecified atom stereocenters. The Morgan fingerprint density at radius 3 is 2.36 bits per heavy atom. The maximum Gasteiger partial charge on any atom is 0.337 e. The maximum absolute atomic E-state index is 11.9.